The molecule has 2 rings (SSSR count). The van der Waals surface area contributed by atoms with Crippen LogP contribution in [0, 0.1) is 6.92 Å². The number of aromatic nitrogens is 1. The Morgan fingerprint density at radius 3 is 2.82 bits per heavy atom. The molecule has 2 aromatic rings. The molecule has 0 radical (unpaired) electrons. The molecular weight excluding hydrogens is 284 g/mol. The third-order valence-corrected chi connectivity index (χ3v) is 2.86. The van der Waals surface area contributed by atoms with Gasteiger partial charge in [-0.15, -0.1) is 0 Å². The van der Waals surface area contributed by atoms with Crippen molar-refractivity contribution in [3.63, 3.8) is 0 Å². The van der Waals surface area contributed by atoms with E-state index in [1.165, 1.54) is 0 Å². The number of amides is 1. The molecule has 0 fully saturated rings. The number of halogens is 1. The summed E-state index contributed by atoms with van der Waals surface area (Å²) in [6.07, 6.45) is 1.84. The van der Waals surface area contributed by atoms with Crippen LogP contribution in [0.5, 0.6) is 0 Å². The zero-order valence-electron chi connectivity index (χ0n) is 9.66. The second-order valence-corrected chi connectivity index (χ2v) is 4.77. The molecule has 0 spiro atoms. The van der Waals surface area contributed by atoms with Gasteiger partial charge >= 0.3 is 0 Å². The maximum atomic E-state index is 11.9. The average Bonchev–Trinajstić information content (AvgIpc) is 2.81. The first kappa shape index (κ1) is 12.0. The molecule has 0 atom stereocenters. The van der Waals surface area contributed by atoms with E-state index in [0.29, 0.717) is 12.2 Å². The Morgan fingerprint density at radius 1 is 1.53 bits per heavy atom. The van der Waals surface area contributed by atoms with Crippen molar-refractivity contribution in [2.75, 3.05) is 0 Å². The van der Waals surface area contributed by atoms with Crippen LogP contribution in [0.2, 0.25) is 0 Å². The predicted molar refractivity (Wildman–Crippen MR) is 67.7 cm³/mol. The number of hydrogen-bond acceptors (Lipinski definition) is 2. The van der Waals surface area contributed by atoms with Crippen molar-refractivity contribution in [3.05, 3.63) is 46.1 Å². The van der Waals surface area contributed by atoms with Crippen LogP contribution in [0.15, 0.2) is 33.3 Å². The van der Waals surface area contributed by atoms with Crippen molar-refractivity contribution < 1.29 is 9.21 Å². The summed E-state index contributed by atoms with van der Waals surface area (Å²) in [7, 11) is 1.83. The molecule has 0 aromatic carbocycles. The highest BCUT2D eigenvalue weighted by atomic mass is 79.9. The van der Waals surface area contributed by atoms with Crippen LogP contribution in [0.25, 0.3) is 0 Å². The number of aryl methyl sites for hydroxylation is 2. The number of rotatable bonds is 3. The molecule has 2 heterocycles. The molecule has 4 nitrogen and oxygen atoms in total. The standard InChI is InChI=1S/C12H13BrN2O2/c1-8-3-4-10(17-8)6-14-12(16)11-5-9(13)7-15(11)2/h3-5,7H,6H2,1-2H3,(H,14,16). The van der Waals surface area contributed by atoms with Gasteiger partial charge in [0.1, 0.15) is 17.2 Å². The molecule has 0 unspecified atom stereocenters. The third-order valence-electron chi connectivity index (χ3n) is 2.42. The average molecular weight is 297 g/mol. The number of carbonyl (C=O) groups excluding carboxylic acids is 1. The van der Waals surface area contributed by atoms with Crippen molar-refractivity contribution in [1.29, 1.82) is 0 Å². The second kappa shape index (κ2) is 4.79. The van der Waals surface area contributed by atoms with Crippen LogP contribution in [0.1, 0.15) is 22.0 Å². The molecule has 17 heavy (non-hydrogen) atoms. The lowest BCUT2D eigenvalue weighted by atomic mass is 10.3. The summed E-state index contributed by atoms with van der Waals surface area (Å²) in [5.74, 6) is 1.48. The second-order valence-electron chi connectivity index (χ2n) is 3.85. The highest BCUT2D eigenvalue weighted by molar-refractivity contribution is 9.10. The smallest absolute Gasteiger partial charge is 0.268 e. The quantitative estimate of drug-likeness (QED) is 0.946. The van der Waals surface area contributed by atoms with Gasteiger partial charge in [-0.3, -0.25) is 4.79 Å². The van der Waals surface area contributed by atoms with Crippen LogP contribution in [0.3, 0.4) is 0 Å². The number of hydrogen-bond donors (Lipinski definition) is 1. The van der Waals surface area contributed by atoms with E-state index in [-0.39, 0.29) is 5.91 Å². The van der Waals surface area contributed by atoms with Gasteiger partial charge in [0.15, 0.2) is 0 Å². The fourth-order valence-corrected chi connectivity index (χ4v) is 2.11. The van der Waals surface area contributed by atoms with E-state index in [1.807, 2.05) is 32.3 Å². The minimum absolute atomic E-state index is 0.118. The summed E-state index contributed by atoms with van der Waals surface area (Å²) < 4.78 is 8.03. The fourth-order valence-electron chi connectivity index (χ4n) is 1.59. The SMILES string of the molecule is Cc1ccc(CNC(=O)c2cc(Br)cn2C)o1. The van der Waals surface area contributed by atoms with Gasteiger partial charge in [-0.1, -0.05) is 0 Å². The molecule has 0 aliphatic carbocycles. The van der Waals surface area contributed by atoms with Gasteiger partial charge in [-0.25, -0.2) is 0 Å². The van der Waals surface area contributed by atoms with E-state index in [1.54, 1.807) is 10.6 Å². The van der Waals surface area contributed by atoms with Gasteiger partial charge in [-0.05, 0) is 41.1 Å². The number of nitrogens with zero attached hydrogens (tertiary/aromatic N) is 1. The summed E-state index contributed by atoms with van der Waals surface area (Å²) in [4.78, 5) is 11.9. The minimum atomic E-state index is -0.118. The molecular formula is C12H13BrN2O2. The van der Waals surface area contributed by atoms with Crippen LogP contribution in [-0.4, -0.2) is 10.5 Å². The number of carbonyl (C=O) groups is 1. The summed E-state index contributed by atoms with van der Waals surface area (Å²) >= 11 is 3.33. The van der Waals surface area contributed by atoms with Crippen molar-refractivity contribution in [2.24, 2.45) is 7.05 Å². The van der Waals surface area contributed by atoms with Gasteiger partial charge in [0.2, 0.25) is 0 Å². The summed E-state index contributed by atoms with van der Waals surface area (Å²) in [5.41, 5.74) is 0.611. The van der Waals surface area contributed by atoms with Gasteiger partial charge in [0.05, 0.1) is 6.54 Å². The highest BCUT2D eigenvalue weighted by Crippen LogP contribution is 2.13. The van der Waals surface area contributed by atoms with E-state index in [9.17, 15) is 4.79 Å². The Morgan fingerprint density at radius 2 is 2.29 bits per heavy atom. The Kier molecular flexibility index (Phi) is 3.38. The van der Waals surface area contributed by atoms with Crippen molar-refractivity contribution in [3.8, 4) is 0 Å². The third kappa shape index (κ3) is 2.79. The van der Waals surface area contributed by atoms with E-state index in [4.69, 9.17) is 4.42 Å². The lowest BCUT2D eigenvalue weighted by Crippen LogP contribution is -2.24. The van der Waals surface area contributed by atoms with Gasteiger partial charge < -0.3 is 14.3 Å². The zero-order valence-corrected chi connectivity index (χ0v) is 11.2. The number of nitrogens with one attached hydrogen (secondary N) is 1. The summed E-state index contributed by atoms with van der Waals surface area (Å²) in [5, 5.41) is 2.81. The lowest BCUT2D eigenvalue weighted by Gasteiger charge is -2.04. The predicted octanol–water partition coefficient (Wildman–Crippen LogP) is 2.62. The van der Waals surface area contributed by atoms with Crippen molar-refractivity contribution >= 4 is 21.8 Å². The van der Waals surface area contributed by atoms with Crippen LogP contribution in [0.4, 0.5) is 0 Å². The topological polar surface area (TPSA) is 47.2 Å². The van der Waals surface area contributed by atoms with Crippen molar-refractivity contribution in [2.45, 2.75) is 13.5 Å². The Balaban J connectivity index is 2.00. The normalized spacial score (nSPS) is 10.5. The van der Waals surface area contributed by atoms with Crippen LogP contribution < -0.4 is 5.32 Å². The van der Waals surface area contributed by atoms with Gasteiger partial charge in [0.25, 0.3) is 5.91 Å². The van der Waals surface area contributed by atoms with Crippen LogP contribution in [-0.2, 0) is 13.6 Å². The molecule has 1 amide bonds. The molecule has 0 aliphatic rings. The molecule has 0 saturated carbocycles. The molecule has 5 heteroatoms. The minimum Gasteiger partial charge on any atom is -0.465 e. The molecule has 0 bridgehead atoms. The Bertz CT molecular complexity index is 542. The summed E-state index contributed by atoms with van der Waals surface area (Å²) in [6, 6.07) is 5.51. The van der Waals surface area contributed by atoms with E-state index in [0.717, 1.165) is 16.0 Å². The molecule has 2 aromatic heterocycles. The zero-order chi connectivity index (χ0) is 12.4. The van der Waals surface area contributed by atoms with Crippen molar-refractivity contribution in [1.82, 2.24) is 9.88 Å². The van der Waals surface area contributed by atoms with E-state index < -0.39 is 0 Å². The maximum Gasteiger partial charge on any atom is 0.268 e. The van der Waals surface area contributed by atoms with Gasteiger partial charge in [0, 0.05) is 17.7 Å². The first-order valence-electron chi connectivity index (χ1n) is 5.21. The van der Waals surface area contributed by atoms with E-state index >= 15 is 0 Å². The highest BCUT2D eigenvalue weighted by Gasteiger charge is 2.11. The molecule has 90 valence electrons. The molecule has 0 saturated heterocycles. The summed E-state index contributed by atoms with van der Waals surface area (Å²) in [6.45, 7) is 2.27. The first-order valence-corrected chi connectivity index (χ1v) is 6.01. The van der Waals surface area contributed by atoms with Crippen LogP contribution >= 0.6 is 15.9 Å². The molecule has 0 aliphatic heterocycles. The molecule has 1 N–H and O–H groups in total. The first-order chi connectivity index (χ1) is 8.06. The largest absolute Gasteiger partial charge is 0.465 e. The number of furan rings is 1. The Labute approximate surface area is 108 Å². The van der Waals surface area contributed by atoms with Gasteiger partial charge in [-0.2, -0.15) is 0 Å². The lowest BCUT2D eigenvalue weighted by molar-refractivity contribution is 0.0939. The fraction of sp³-hybridized carbons (Fsp3) is 0.250. The maximum absolute atomic E-state index is 11.9. The van der Waals surface area contributed by atoms with E-state index in [2.05, 4.69) is 21.2 Å². The monoisotopic (exact) mass is 296 g/mol. The Hall–Kier alpha value is -1.49.